The molecule has 3 aromatic heterocycles. The number of nitrogens with zero attached hydrogens (tertiary/aromatic N) is 3. The zero-order valence-electron chi connectivity index (χ0n) is 15.5. The smallest absolute Gasteiger partial charge is 0.305 e. The highest BCUT2D eigenvalue weighted by Crippen LogP contribution is 2.28. The van der Waals surface area contributed by atoms with Gasteiger partial charge in [-0.2, -0.15) is 0 Å². The molecule has 28 heavy (non-hydrogen) atoms. The van der Waals surface area contributed by atoms with E-state index in [1.54, 1.807) is 6.20 Å². The number of anilines is 1. The van der Waals surface area contributed by atoms with Crippen LogP contribution in [0.1, 0.15) is 33.1 Å². The van der Waals surface area contributed by atoms with Gasteiger partial charge in [-0.15, -0.1) is 0 Å². The molecule has 3 heterocycles. The molecule has 0 amide bonds. The summed E-state index contributed by atoms with van der Waals surface area (Å²) in [5, 5.41) is 12.6. The van der Waals surface area contributed by atoms with Crippen molar-refractivity contribution in [1.82, 2.24) is 19.9 Å². The van der Waals surface area contributed by atoms with Crippen LogP contribution in [0.5, 0.6) is 0 Å². The number of hydrogen-bond donors (Lipinski definition) is 3. The Bertz CT molecular complexity index is 988. The third-order valence-corrected chi connectivity index (χ3v) is 4.82. The quantitative estimate of drug-likeness (QED) is 0.538. The van der Waals surface area contributed by atoms with E-state index in [0.29, 0.717) is 16.6 Å². The first-order valence-electron chi connectivity index (χ1n) is 9.06. The second kappa shape index (κ2) is 8.28. The Kier molecular flexibility index (Phi) is 5.81. The van der Waals surface area contributed by atoms with Crippen LogP contribution >= 0.6 is 0 Å². The summed E-state index contributed by atoms with van der Waals surface area (Å²) in [4.78, 5) is 26.3. The summed E-state index contributed by atoms with van der Waals surface area (Å²) < 4.78 is 27.9. The number of carboxylic acid groups (broad SMARTS) is 1. The molecular formula is C19H21F2N5O2. The summed E-state index contributed by atoms with van der Waals surface area (Å²) >= 11 is 0. The number of aliphatic carboxylic acids is 1. The minimum atomic E-state index is -0.975. The summed E-state index contributed by atoms with van der Waals surface area (Å²) in [5.74, 6) is -2.03. The molecule has 1 unspecified atom stereocenters. The monoisotopic (exact) mass is 389 g/mol. The van der Waals surface area contributed by atoms with E-state index in [-0.39, 0.29) is 24.0 Å². The molecular weight excluding hydrogens is 368 g/mol. The molecule has 0 aliphatic carbocycles. The molecule has 0 saturated carbocycles. The summed E-state index contributed by atoms with van der Waals surface area (Å²) in [5.41, 5.74) is 0.932. The average Bonchev–Trinajstić information content (AvgIpc) is 3.07. The van der Waals surface area contributed by atoms with Gasteiger partial charge >= 0.3 is 5.97 Å². The van der Waals surface area contributed by atoms with E-state index in [1.807, 2.05) is 13.8 Å². The highest BCUT2D eigenvalue weighted by atomic mass is 19.1. The second-order valence-corrected chi connectivity index (χ2v) is 6.57. The molecule has 0 saturated heterocycles. The lowest BCUT2D eigenvalue weighted by atomic mass is 9.92. The molecule has 0 radical (unpaired) electrons. The first-order chi connectivity index (χ1) is 13.4. The standard InChI is InChI=1S/C19H21F2N5O2/c1-3-10(4-2)15(6-16(27)28)25-19-14(21)9-24-18(26-19)13-8-23-17-12(13)5-11(20)7-22-17/h5,7-10,15H,3-4,6H2,1-2H3,(H,22,23)(H,27,28)(H,24,25,26). The maximum Gasteiger partial charge on any atom is 0.305 e. The summed E-state index contributed by atoms with van der Waals surface area (Å²) in [7, 11) is 0. The first-order valence-corrected chi connectivity index (χ1v) is 9.06. The molecule has 3 aromatic rings. The van der Waals surface area contributed by atoms with Crippen molar-refractivity contribution >= 4 is 22.8 Å². The highest BCUT2D eigenvalue weighted by Gasteiger charge is 2.24. The molecule has 0 spiro atoms. The van der Waals surface area contributed by atoms with E-state index in [4.69, 9.17) is 0 Å². The lowest BCUT2D eigenvalue weighted by molar-refractivity contribution is -0.137. The van der Waals surface area contributed by atoms with Gasteiger partial charge in [0.05, 0.1) is 18.8 Å². The van der Waals surface area contributed by atoms with Crippen LogP contribution in [0, 0.1) is 17.6 Å². The van der Waals surface area contributed by atoms with Gasteiger partial charge in [0.2, 0.25) is 0 Å². The molecule has 7 nitrogen and oxygen atoms in total. The summed E-state index contributed by atoms with van der Waals surface area (Å²) in [6.07, 6.45) is 5.01. The van der Waals surface area contributed by atoms with Crippen molar-refractivity contribution in [3.05, 3.63) is 36.3 Å². The number of fused-ring (bicyclic) bond motifs is 1. The Labute approximate surface area is 160 Å². The fourth-order valence-electron chi connectivity index (χ4n) is 3.32. The predicted molar refractivity (Wildman–Crippen MR) is 101 cm³/mol. The largest absolute Gasteiger partial charge is 0.481 e. The van der Waals surface area contributed by atoms with Gasteiger partial charge in [0.15, 0.2) is 17.5 Å². The number of carbonyl (C=O) groups is 1. The Morgan fingerprint density at radius 3 is 2.68 bits per heavy atom. The molecule has 0 aliphatic heterocycles. The van der Waals surface area contributed by atoms with Gasteiger partial charge in [-0.1, -0.05) is 26.7 Å². The summed E-state index contributed by atoms with van der Waals surface area (Å²) in [6.45, 7) is 3.92. The first kappa shape index (κ1) is 19.7. The maximum absolute atomic E-state index is 14.3. The number of carboxylic acids is 1. The number of nitrogens with one attached hydrogen (secondary N) is 2. The van der Waals surface area contributed by atoms with Crippen molar-refractivity contribution in [1.29, 1.82) is 0 Å². The van der Waals surface area contributed by atoms with Crippen molar-refractivity contribution < 1.29 is 18.7 Å². The van der Waals surface area contributed by atoms with Crippen LogP contribution in [0.25, 0.3) is 22.4 Å². The molecule has 0 aromatic carbocycles. The van der Waals surface area contributed by atoms with Crippen LogP contribution in [0.4, 0.5) is 14.6 Å². The Morgan fingerprint density at radius 1 is 1.25 bits per heavy atom. The molecule has 0 aliphatic rings. The van der Waals surface area contributed by atoms with Crippen molar-refractivity contribution in [3.8, 4) is 11.4 Å². The lowest BCUT2D eigenvalue weighted by Crippen LogP contribution is -2.32. The highest BCUT2D eigenvalue weighted by molar-refractivity contribution is 5.91. The van der Waals surface area contributed by atoms with Crippen LogP contribution in [-0.2, 0) is 4.79 Å². The van der Waals surface area contributed by atoms with E-state index in [0.717, 1.165) is 25.2 Å². The normalized spacial score (nSPS) is 12.5. The van der Waals surface area contributed by atoms with Gasteiger partial charge in [0, 0.05) is 23.2 Å². The molecule has 3 N–H and O–H groups in total. The van der Waals surface area contributed by atoms with E-state index in [1.165, 1.54) is 6.07 Å². The topological polar surface area (TPSA) is 104 Å². The van der Waals surface area contributed by atoms with Gasteiger partial charge < -0.3 is 15.4 Å². The Balaban J connectivity index is 1.98. The number of rotatable bonds is 8. The minimum Gasteiger partial charge on any atom is -0.481 e. The number of halogens is 2. The third-order valence-electron chi connectivity index (χ3n) is 4.82. The number of hydrogen-bond acceptors (Lipinski definition) is 5. The van der Waals surface area contributed by atoms with Crippen LogP contribution in [-0.4, -0.2) is 37.1 Å². The van der Waals surface area contributed by atoms with Gasteiger partial charge in [-0.05, 0) is 12.0 Å². The van der Waals surface area contributed by atoms with Crippen LogP contribution in [0.15, 0.2) is 24.7 Å². The number of H-pyrrole nitrogens is 1. The van der Waals surface area contributed by atoms with Crippen molar-refractivity contribution in [2.75, 3.05) is 5.32 Å². The Morgan fingerprint density at radius 2 is 2.00 bits per heavy atom. The molecule has 0 fully saturated rings. The van der Waals surface area contributed by atoms with Gasteiger partial charge in [-0.3, -0.25) is 4.79 Å². The Hall–Kier alpha value is -3.10. The number of aromatic nitrogens is 4. The number of pyridine rings is 1. The number of aromatic amines is 1. The van der Waals surface area contributed by atoms with Crippen molar-refractivity contribution in [2.45, 2.75) is 39.2 Å². The summed E-state index contributed by atoms with van der Waals surface area (Å²) in [6, 6.07) is 0.817. The van der Waals surface area contributed by atoms with Crippen LogP contribution in [0.2, 0.25) is 0 Å². The maximum atomic E-state index is 14.3. The van der Waals surface area contributed by atoms with Gasteiger partial charge in [0.1, 0.15) is 11.5 Å². The zero-order valence-corrected chi connectivity index (χ0v) is 15.5. The second-order valence-electron chi connectivity index (χ2n) is 6.57. The van der Waals surface area contributed by atoms with Crippen LogP contribution in [0.3, 0.4) is 0 Å². The molecule has 148 valence electrons. The van der Waals surface area contributed by atoms with Gasteiger partial charge in [0.25, 0.3) is 0 Å². The van der Waals surface area contributed by atoms with Crippen LogP contribution < -0.4 is 5.32 Å². The molecule has 9 heteroatoms. The predicted octanol–water partition coefficient (Wildman–Crippen LogP) is 3.99. The third kappa shape index (κ3) is 4.08. The molecule has 3 rings (SSSR count). The molecule has 1 atom stereocenters. The van der Waals surface area contributed by atoms with E-state index in [2.05, 4.69) is 25.3 Å². The lowest BCUT2D eigenvalue weighted by Gasteiger charge is -2.25. The zero-order chi connectivity index (χ0) is 20.3. The average molecular weight is 389 g/mol. The van der Waals surface area contributed by atoms with Gasteiger partial charge in [-0.25, -0.2) is 23.7 Å². The fraction of sp³-hybridized carbons (Fsp3) is 0.368. The van der Waals surface area contributed by atoms with E-state index in [9.17, 15) is 18.7 Å². The molecule has 0 bridgehead atoms. The van der Waals surface area contributed by atoms with Crippen molar-refractivity contribution in [2.24, 2.45) is 5.92 Å². The fourth-order valence-corrected chi connectivity index (χ4v) is 3.32. The van der Waals surface area contributed by atoms with E-state index < -0.39 is 23.6 Å². The minimum absolute atomic E-state index is 0.0419. The SMILES string of the molecule is CCC(CC)C(CC(=O)O)Nc1nc(-c2c[nH]c3ncc(F)cc23)ncc1F. The van der Waals surface area contributed by atoms with Crippen molar-refractivity contribution in [3.63, 3.8) is 0 Å². The van der Waals surface area contributed by atoms with E-state index >= 15 is 0 Å².